The topological polar surface area (TPSA) is 119 Å². The molecular formula is C27H37F6N5O5. The molecule has 4 aliphatic heterocycles. The highest BCUT2D eigenvalue weighted by Crippen LogP contribution is 2.45. The molecule has 1 aromatic carbocycles. The van der Waals surface area contributed by atoms with Gasteiger partial charge in [0, 0.05) is 30.1 Å². The molecule has 0 radical (unpaired) electrons. The summed E-state index contributed by atoms with van der Waals surface area (Å²) in [5, 5.41) is 18.0. The largest absolute Gasteiger partial charge is 0.421 e. The lowest BCUT2D eigenvalue weighted by Crippen LogP contribution is -2.72. The van der Waals surface area contributed by atoms with E-state index in [4.69, 9.17) is 14.2 Å². The maximum absolute atomic E-state index is 15.0. The van der Waals surface area contributed by atoms with Gasteiger partial charge in [-0.05, 0) is 31.2 Å². The molecule has 0 aliphatic carbocycles. The number of nitro groups is 1. The molecule has 4 bridgehead atoms. The Morgan fingerprint density at radius 3 is 2.33 bits per heavy atom. The summed E-state index contributed by atoms with van der Waals surface area (Å²) in [4.78, 5) is 11.2. The number of hydrogen-bond acceptors (Lipinski definition) is 9. The Labute approximate surface area is 244 Å². The van der Waals surface area contributed by atoms with Crippen LogP contribution in [0.4, 0.5) is 26.3 Å². The second-order valence-electron chi connectivity index (χ2n) is 11.9. The van der Waals surface area contributed by atoms with Crippen molar-refractivity contribution in [2.45, 2.75) is 112 Å². The zero-order valence-electron chi connectivity index (χ0n) is 23.4. The molecular weight excluding hydrogens is 588 g/mol. The van der Waals surface area contributed by atoms with Crippen molar-refractivity contribution in [2.24, 2.45) is 5.92 Å². The van der Waals surface area contributed by atoms with Gasteiger partial charge < -0.3 is 14.2 Å². The molecule has 242 valence electrons. The van der Waals surface area contributed by atoms with Crippen molar-refractivity contribution in [3.8, 4) is 0 Å². The van der Waals surface area contributed by atoms with Gasteiger partial charge in [0.1, 0.15) is 12.3 Å². The Morgan fingerprint density at radius 1 is 0.977 bits per heavy atom. The van der Waals surface area contributed by atoms with Crippen LogP contribution in [0.25, 0.3) is 0 Å². The Bertz CT molecular complexity index is 1090. The van der Waals surface area contributed by atoms with Crippen molar-refractivity contribution in [3.05, 3.63) is 46.0 Å². The first-order valence-electron chi connectivity index (χ1n) is 14.6. The summed E-state index contributed by atoms with van der Waals surface area (Å²) >= 11 is 0. The molecule has 0 aromatic heterocycles. The molecule has 7 atom stereocenters. The van der Waals surface area contributed by atoms with E-state index in [0.717, 1.165) is 0 Å². The molecule has 4 saturated heterocycles. The summed E-state index contributed by atoms with van der Waals surface area (Å²) in [6.45, 7) is 0.232. The first kappa shape index (κ1) is 32.3. The Kier molecular flexibility index (Phi) is 9.57. The summed E-state index contributed by atoms with van der Waals surface area (Å²) in [7, 11) is 0. The summed E-state index contributed by atoms with van der Waals surface area (Å²) < 4.78 is 105. The third-order valence-electron chi connectivity index (χ3n) is 9.20. The van der Waals surface area contributed by atoms with Crippen LogP contribution in [-0.4, -0.2) is 72.3 Å². The van der Waals surface area contributed by atoms with Crippen LogP contribution in [0.2, 0.25) is 0 Å². The number of alkyl halides is 6. The average molecular weight is 626 g/mol. The van der Waals surface area contributed by atoms with E-state index in [1.807, 2.05) is 0 Å². The van der Waals surface area contributed by atoms with E-state index in [9.17, 15) is 23.3 Å². The molecule has 5 rings (SSSR count). The number of hydrazine groups is 1. The normalized spacial score (nSPS) is 35.8. The van der Waals surface area contributed by atoms with E-state index < -0.39 is 77.9 Å². The minimum atomic E-state index is -4.93. The number of nitrogens with zero attached hydrogens (tertiary/aromatic N) is 1. The lowest BCUT2D eigenvalue weighted by molar-refractivity contribution is -0.537. The van der Waals surface area contributed by atoms with Crippen LogP contribution >= 0.6 is 0 Å². The highest BCUT2D eigenvalue weighted by Gasteiger charge is 2.65. The molecule has 4 fully saturated rings. The van der Waals surface area contributed by atoms with Gasteiger partial charge in [0.2, 0.25) is 11.6 Å². The van der Waals surface area contributed by atoms with Crippen molar-refractivity contribution < 1.29 is 45.5 Å². The van der Waals surface area contributed by atoms with Gasteiger partial charge >= 0.3 is 12.4 Å². The number of piperidine rings is 1. The van der Waals surface area contributed by atoms with Crippen LogP contribution in [0.1, 0.15) is 56.9 Å². The lowest BCUT2D eigenvalue weighted by Gasteiger charge is -2.48. The standard InChI is InChI=1S/C27H37F6N5O5/c28-26(29,30)18-15-19(38(39)40)20-22-36-37-23(43-22)25(27(31,32)33,42-16-17-7-3-1-4-8-17)10-6-2-5-9-24(35-21(18)34-20)11-13-41-14-12-24/h1,3-4,7-8,18-23,34-37H,2,5-6,9-16H2/t18?,19?,20?,21?,22?,23?,25-/m1/s1. The van der Waals surface area contributed by atoms with Gasteiger partial charge in [0.05, 0.1) is 18.7 Å². The Balaban J connectivity index is 1.50. The van der Waals surface area contributed by atoms with E-state index in [2.05, 4.69) is 21.5 Å². The molecule has 4 N–H and O–H groups in total. The molecule has 10 nitrogen and oxygen atoms in total. The molecule has 4 aliphatic rings. The predicted molar refractivity (Wildman–Crippen MR) is 140 cm³/mol. The van der Waals surface area contributed by atoms with Gasteiger partial charge in [-0.15, -0.1) is 0 Å². The van der Waals surface area contributed by atoms with Gasteiger partial charge in [0.15, 0.2) is 6.23 Å². The number of nitrogens with one attached hydrogen (secondary N) is 4. The van der Waals surface area contributed by atoms with Crippen molar-refractivity contribution in [1.82, 2.24) is 21.5 Å². The summed E-state index contributed by atoms with van der Waals surface area (Å²) in [5.41, 5.74) is 1.92. The van der Waals surface area contributed by atoms with Crippen molar-refractivity contribution in [2.75, 3.05) is 13.2 Å². The van der Waals surface area contributed by atoms with E-state index in [1.54, 1.807) is 30.3 Å². The van der Waals surface area contributed by atoms with Crippen LogP contribution in [0.3, 0.4) is 0 Å². The van der Waals surface area contributed by atoms with Gasteiger partial charge in [-0.25, -0.2) is 10.9 Å². The smallest absolute Gasteiger partial charge is 0.381 e. The summed E-state index contributed by atoms with van der Waals surface area (Å²) in [6, 6.07) is 5.12. The van der Waals surface area contributed by atoms with Crippen LogP contribution < -0.4 is 21.5 Å². The third kappa shape index (κ3) is 6.94. The van der Waals surface area contributed by atoms with Gasteiger partial charge in [0.25, 0.3) is 0 Å². The third-order valence-corrected chi connectivity index (χ3v) is 9.20. The van der Waals surface area contributed by atoms with Gasteiger partial charge in [-0.2, -0.15) is 26.3 Å². The first-order valence-corrected chi connectivity index (χ1v) is 14.6. The quantitative estimate of drug-likeness (QED) is 0.225. The summed E-state index contributed by atoms with van der Waals surface area (Å²) in [6.07, 6.45) is -13.7. The van der Waals surface area contributed by atoms with Crippen LogP contribution in [0.15, 0.2) is 30.3 Å². The number of halogens is 6. The van der Waals surface area contributed by atoms with Crippen molar-refractivity contribution >= 4 is 0 Å². The summed E-state index contributed by atoms with van der Waals surface area (Å²) in [5.74, 6) is -2.11. The fourth-order valence-corrected chi connectivity index (χ4v) is 6.75. The van der Waals surface area contributed by atoms with Gasteiger partial charge in [-0.3, -0.25) is 20.7 Å². The number of fused-ring (bicyclic) bond motifs is 5. The highest BCUT2D eigenvalue weighted by atomic mass is 19.4. The molecule has 1 spiro atoms. The van der Waals surface area contributed by atoms with Gasteiger partial charge in [-0.1, -0.05) is 49.6 Å². The molecule has 6 unspecified atom stereocenters. The predicted octanol–water partition coefficient (Wildman–Crippen LogP) is 3.90. The lowest BCUT2D eigenvalue weighted by atomic mass is 9.80. The van der Waals surface area contributed by atoms with Crippen molar-refractivity contribution in [1.29, 1.82) is 0 Å². The molecule has 1 aromatic rings. The monoisotopic (exact) mass is 625 g/mol. The maximum atomic E-state index is 15.0. The van der Waals surface area contributed by atoms with Crippen molar-refractivity contribution in [3.63, 3.8) is 0 Å². The number of hydrogen-bond donors (Lipinski definition) is 4. The Hall–Kier alpha value is -2.08. The maximum Gasteiger partial charge on any atom is 0.421 e. The zero-order valence-corrected chi connectivity index (χ0v) is 23.4. The van der Waals surface area contributed by atoms with E-state index in [1.165, 1.54) is 0 Å². The second-order valence-corrected chi connectivity index (χ2v) is 11.9. The molecule has 4 heterocycles. The van der Waals surface area contributed by atoms with Crippen LogP contribution in [0, 0.1) is 16.0 Å². The highest BCUT2D eigenvalue weighted by molar-refractivity contribution is 5.14. The number of ether oxygens (including phenoxy) is 3. The van der Waals surface area contributed by atoms with Crippen LogP contribution in [-0.2, 0) is 20.8 Å². The number of rotatable bonds is 4. The first-order chi connectivity index (χ1) is 20.3. The molecule has 0 amide bonds. The Morgan fingerprint density at radius 2 is 1.67 bits per heavy atom. The van der Waals surface area contributed by atoms with E-state index in [0.29, 0.717) is 50.9 Å². The van der Waals surface area contributed by atoms with E-state index in [-0.39, 0.29) is 13.0 Å². The molecule has 16 heteroatoms. The minimum absolute atomic E-state index is 0.0981. The second kappa shape index (κ2) is 12.7. The zero-order chi connectivity index (χ0) is 30.9. The fourth-order valence-electron chi connectivity index (χ4n) is 6.75. The SMILES string of the molecule is O=[N+]([O-])C1CC(C(F)(F)F)C2NC1C1NNC(O1)[C@@](OCc1ccccc1)(C(F)(F)F)CCCCCC1(CCOCC1)N2. The minimum Gasteiger partial charge on any atom is -0.381 e. The van der Waals surface area contributed by atoms with Crippen LogP contribution in [0.5, 0.6) is 0 Å². The number of benzene rings is 1. The molecule has 43 heavy (non-hydrogen) atoms. The fraction of sp³-hybridized carbons (Fsp3) is 0.778. The molecule has 0 saturated carbocycles. The van der Waals surface area contributed by atoms with E-state index >= 15 is 13.2 Å². The average Bonchev–Trinajstić information content (AvgIpc) is 3.44.